The van der Waals surface area contributed by atoms with E-state index in [0.29, 0.717) is 5.92 Å². The van der Waals surface area contributed by atoms with Gasteiger partial charge in [-0.25, -0.2) is 4.39 Å². The molecule has 5 unspecified atom stereocenters. The maximum Gasteiger partial charge on any atom is 0.126 e. The molecule has 3 aliphatic carbocycles. The van der Waals surface area contributed by atoms with Gasteiger partial charge in [0.2, 0.25) is 0 Å². The highest BCUT2D eigenvalue weighted by atomic mass is 19.1. The lowest BCUT2D eigenvalue weighted by molar-refractivity contribution is 0.113. The molecule has 0 saturated heterocycles. The highest BCUT2D eigenvalue weighted by molar-refractivity contribution is 5.37. The molecular weight excluding hydrogens is 379 g/mol. The van der Waals surface area contributed by atoms with Crippen molar-refractivity contribution in [3.63, 3.8) is 0 Å². The van der Waals surface area contributed by atoms with Gasteiger partial charge in [0.05, 0.1) is 0 Å². The zero-order valence-corrected chi connectivity index (χ0v) is 20.4. The predicted octanol–water partition coefficient (Wildman–Crippen LogP) is 9.39. The molecule has 1 aromatic carbocycles. The van der Waals surface area contributed by atoms with Crippen LogP contribution in [0.3, 0.4) is 0 Å². The summed E-state index contributed by atoms with van der Waals surface area (Å²) in [6.45, 7) is 4.61. The van der Waals surface area contributed by atoms with Crippen molar-refractivity contribution in [2.45, 2.75) is 129 Å². The molecule has 0 heterocycles. The van der Waals surface area contributed by atoms with E-state index in [9.17, 15) is 0 Å². The molecule has 5 atom stereocenters. The van der Waals surface area contributed by atoms with Crippen LogP contribution in [0.4, 0.5) is 4.39 Å². The summed E-state index contributed by atoms with van der Waals surface area (Å²) in [6.07, 6.45) is 22.6. The summed E-state index contributed by atoms with van der Waals surface area (Å²) in [5.74, 6) is 4.15. The highest BCUT2D eigenvalue weighted by Gasteiger charge is 2.36. The van der Waals surface area contributed by atoms with Gasteiger partial charge < -0.3 is 0 Å². The zero-order valence-electron chi connectivity index (χ0n) is 20.4. The maximum atomic E-state index is 15.3. The smallest absolute Gasteiger partial charge is 0.126 e. The second-order valence-electron chi connectivity index (χ2n) is 11.5. The van der Waals surface area contributed by atoms with Crippen molar-refractivity contribution >= 4 is 0 Å². The Morgan fingerprint density at radius 2 is 1.55 bits per heavy atom. The number of hydrogen-bond donors (Lipinski definition) is 0. The van der Waals surface area contributed by atoms with Crippen molar-refractivity contribution < 1.29 is 4.39 Å². The van der Waals surface area contributed by atoms with Gasteiger partial charge in [0, 0.05) is 0 Å². The maximum absolute atomic E-state index is 15.3. The van der Waals surface area contributed by atoms with Gasteiger partial charge in [0.25, 0.3) is 0 Å². The summed E-state index contributed by atoms with van der Waals surface area (Å²) in [6, 6.07) is 4.27. The van der Waals surface area contributed by atoms with Crippen LogP contribution in [-0.4, -0.2) is 0 Å². The van der Waals surface area contributed by atoms with Gasteiger partial charge in [0.15, 0.2) is 0 Å². The normalized spacial score (nSPS) is 30.6. The summed E-state index contributed by atoms with van der Waals surface area (Å²) in [4.78, 5) is 0. The first-order chi connectivity index (χ1) is 15.2. The average Bonchev–Trinajstić information content (AvgIpc) is 2.78. The molecule has 2 saturated carbocycles. The Balaban J connectivity index is 1.33. The Hall–Kier alpha value is -0.850. The van der Waals surface area contributed by atoms with Crippen LogP contribution in [-0.2, 0) is 12.8 Å². The third-order valence-electron chi connectivity index (χ3n) is 9.22. The molecule has 0 aliphatic heterocycles. The van der Waals surface area contributed by atoms with Crippen LogP contribution < -0.4 is 0 Å². The van der Waals surface area contributed by atoms with Gasteiger partial charge >= 0.3 is 0 Å². The fourth-order valence-electron chi connectivity index (χ4n) is 7.41. The topological polar surface area (TPSA) is 0 Å². The Labute approximate surface area is 191 Å². The number of aryl methyl sites for hydroxylation is 1. The number of fused-ring (bicyclic) bond motifs is 2. The van der Waals surface area contributed by atoms with Crippen LogP contribution in [0.15, 0.2) is 12.1 Å². The second-order valence-corrected chi connectivity index (χ2v) is 11.5. The van der Waals surface area contributed by atoms with E-state index >= 15 is 4.39 Å². The number of hydrogen-bond acceptors (Lipinski definition) is 0. The van der Waals surface area contributed by atoms with Crippen molar-refractivity contribution in [2.24, 2.45) is 23.7 Å². The molecule has 174 valence electrons. The van der Waals surface area contributed by atoms with Gasteiger partial charge in [-0.3, -0.25) is 0 Å². The monoisotopic (exact) mass is 426 g/mol. The van der Waals surface area contributed by atoms with E-state index < -0.39 is 0 Å². The molecular formula is C30H47F. The van der Waals surface area contributed by atoms with Crippen molar-refractivity contribution in [1.82, 2.24) is 0 Å². The Morgan fingerprint density at radius 3 is 2.39 bits per heavy atom. The fourth-order valence-corrected chi connectivity index (χ4v) is 7.41. The van der Waals surface area contributed by atoms with Crippen molar-refractivity contribution in [1.29, 1.82) is 0 Å². The van der Waals surface area contributed by atoms with E-state index in [1.807, 2.05) is 6.07 Å². The highest BCUT2D eigenvalue weighted by Crippen LogP contribution is 2.49. The minimum absolute atomic E-state index is 0.116. The molecule has 3 aliphatic rings. The van der Waals surface area contributed by atoms with Crippen LogP contribution >= 0.6 is 0 Å². The molecule has 0 radical (unpaired) electrons. The van der Waals surface area contributed by atoms with Crippen molar-refractivity contribution in [2.75, 3.05) is 0 Å². The largest absolute Gasteiger partial charge is 0.207 e. The van der Waals surface area contributed by atoms with Gasteiger partial charge in [0.1, 0.15) is 5.82 Å². The van der Waals surface area contributed by atoms with E-state index in [1.54, 1.807) is 0 Å². The van der Waals surface area contributed by atoms with Crippen LogP contribution in [0.25, 0.3) is 0 Å². The third kappa shape index (κ3) is 5.94. The van der Waals surface area contributed by atoms with E-state index in [1.165, 1.54) is 114 Å². The number of benzene rings is 1. The summed E-state index contributed by atoms with van der Waals surface area (Å²) in [5, 5.41) is 0. The molecule has 2 fully saturated rings. The molecule has 0 nitrogen and oxygen atoms in total. The SMILES string of the molecule is CCCCCCCC1CCc2cc(C3CCC4CC(CCC)CCC4C3)c(F)cc2C1. The van der Waals surface area contributed by atoms with Gasteiger partial charge in [-0.05, 0) is 104 Å². The number of halogens is 1. The Morgan fingerprint density at radius 1 is 0.742 bits per heavy atom. The molecule has 0 bridgehead atoms. The summed E-state index contributed by atoms with van der Waals surface area (Å²) < 4.78 is 15.3. The lowest BCUT2D eigenvalue weighted by Crippen LogP contribution is -2.30. The standard InChI is InChI=1S/C30H47F/c1-3-5-6-7-8-10-23-12-14-26-20-29(30(31)21-28(26)18-23)27-16-15-24-17-22(9-4-2)11-13-25(24)19-27/h20-25,27H,3-19H2,1-2H3. The quantitative estimate of drug-likeness (QED) is 0.345. The van der Waals surface area contributed by atoms with Crippen LogP contribution in [0, 0.1) is 29.5 Å². The average molecular weight is 427 g/mol. The van der Waals surface area contributed by atoms with Crippen molar-refractivity contribution in [3.05, 3.63) is 34.6 Å². The zero-order chi connectivity index (χ0) is 21.6. The van der Waals surface area contributed by atoms with E-state index in [2.05, 4.69) is 19.9 Å². The van der Waals surface area contributed by atoms with Crippen molar-refractivity contribution in [3.8, 4) is 0 Å². The van der Waals surface area contributed by atoms with Crippen LogP contribution in [0.5, 0.6) is 0 Å². The summed E-state index contributed by atoms with van der Waals surface area (Å²) >= 11 is 0. The Kier molecular flexibility index (Phi) is 8.52. The molecule has 0 N–H and O–H groups in total. The molecule has 1 heteroatoms. The predicted molar refractivity (Wildman–Crippen MR) is 131 cm³/mol. The summed E-state index contributed by atoms with van der Waals surface area (Å²) in [7, 11) is 0. The van der Waals surface area contributed by atoms with Crippen LogP contribution in [0.1, 0.15) is 133 Å². The molecule has 1 aromatic rings. The Bertz CT molecular complexity index is 692. The molecule has 0 spiro atoms. The molecule has 31 heavy (non-hydrogen) atoms. The third-order valence-corrected chi connectivity index (χ3v) is 9.22. The van der Waals surface area contributed by atoms with E-state index in [0.717, 1.165) is 35.7 Å². The van der Waals surface area contributed by atoms with Crippen LogP contribution in [0.2, 0.25) is 0 Å². The lowest BCUT2D eigenvalue weighted by atomic mass is 9.63. The number of unbranched alkanes of at least 4 members (excludes halogenated alkanes) is 4. The van der Waals surface area contributed by atoms with Gasteiger partial charge in [-0.15, -0.1) is 0 Å². The van der Waals surface area contributed by atoms with E-state index in [4.69, 9.17) is 0 Å². The first-order valence-corrected chi connectivity index (χ1v) is 14.0. The van der Waals surface area contributed by atoms with E-state index in [-0.39, 0.29) is 5.82 Å². The minimum atomic E-state index is 0.116. The fraction of sp³-hybridized carbons (Fsp3) is 0.800. The lowest BCUT2D eigenvalue weighted by Gasteiger charge is -2.42. The summed E-state index contributed by atoms with van der Waals surface area (Å²) in [5.41, 5.74) is 3.89. The second kappa shape index (κ2) is 11.3. The molecule has 4 rings (SSSR count). The van der Waals surface area contributed by atoms with Gasteiger partial charge in [-0.2, -0.15) is 0 Å². The molecule has 0 amide bonds. The first kappa shape index (κ1) is 23.3. The minimum Gasteiger partial charge on any atom is -0.207 e. The number of rotatable bonds is 9. The molecule has 0 aromatic heterocycles. The first-order valence-electron chi connectivity index (χ1n) is 14.0. The van der Waals surface area contributed by atoms with Gasteiger partial charge in [-0.1, -0.05) is 77.7 Å².